The minimum atomic E-state index is -0.282. The molecule has 0 unspecified atom stereocenters. The monoisotopic (exact) mass is 511 g/mol. The number of H-pyrrole nitrogens is 1. The first kappa shape index (κ1) is 23.3. The van der Waals surface area contributed by atoms with Crippen molar-refractivity contribution in [1.29, 1.82) is 0 Å². The van der Waals surface area contributed by atoms with Crippen LogP contribution in [0.5, 0.6) is 11.5 Å². The molecule has 7 heteroatoms. The average Bonchev–Trinajstić information content (AvgIpc) is 3.22. The highest BCUT2D eigenvalue weighted by molar-refractivity contribution is 9.10. The number of nitrogens with zero attached hydrogens (tertiary/aromatic N) is 1. The first-order valence-corrected chi connectivity index (χ1v) is 11.9. The van der Waals surface area contributed by atoms with Gasteiger partial charge in [0.1, 0.15) is 18.2 Å². The van der Waals surface area contributed by atoms with E-state index in [1.165, 1.54) is 6.07 Å². The lowest BCUT2D eigenvalue weighted by Crippen LogP contribution is -2.16. The van der Waals surface area contributed by atoms with E-state index < -0.39 is 0 Å². The van der Waals surface area contributed by atoms with Crippen LogP contribution in [0.25, 0.3) is 11.0 Å². The molecule has 0 radical (unpaired) electrons. The number of benzene rings is 3. The molecule has 0 saturated carbocycles. The van der Waals surface area contributed by atoms with Crippen LogP contribution in [-0.2, 0) is 19.6 Å². The lowest BCUT2D eigenvalue weighted by atomic mass is 10.2. The number of fused-ring (bicyclic) bond motifs is 1. The van der Waals surface area contributed by atoms with E-state index in [0.717, 1.165) is 46.3 Å². The lowest BCUT2D eigenvalue weighted by molar-refractivity contribution is 0.264. The van der Waals surface area contributed by atoms with E-state index in [-0.39, 0.29) is 12.4 Å². The number of rotatable bonds is 11. The predicted molar refractivity (Wildman–Crippen MR) is 132 cm³/mol. The third kappa shape index (κ3) is 6.12. The SMILES string of the molecule is CCOc1cc(CNCCCc2nc3ccccc3[nH]2)cc(Br)c1OCc1ccccc1F. The van der Waals surface area contributed by atoms with Crippen molar-refractivity contribution in [3.63, 3.8) is 0 Å². The number of para-hydroxylation sites is 2. The molecule has 5 nitrogen and oxygen atoms in total. The molecule has 1 heterocycles. The van der Waals surface area contributed by atoms with Gasteiger partial charge < -0.3 is 19.8 Å². The van der Waals surface area contributed by atoms with Gasteiger partial charge in [-0.1, -0.05) is 30.3 Å². The van der Waals surface area contributed by atoms with E-state index in [9.17, 15) is 4.39 Å². The third-order valence-corrected chi connectivity index (χ3v) is 5.82. The zero-order valence-electron chi connectivity index (χ0n) is 18.5. The highest BCUT2D eigenvalue weighted by Crippen LogP contribution is 2.37. The van der Waals surface area contributed by atoms with Crippen molar-refractivity contribution < 1.29 is 13.9 Å². The molecular formula is C26H27BrFN3O2. The smallest absolute Gasteiger partial charge is 0.175 e. The summed E-state index contributed by atoms with van der Waals surface area (Å²) in [6, 6.07) is 18.7. The molecule has 4 aromatic rings. The molecule has 0 aliphatic rings. The molecule has 172 valence electrons. The molecule has 0 amide bonds. The number of hydrogen-bond acceptors (Lipinski definition) is 4. The van der Waals surface area contributed by atoms with Gasteiger partial charge in [0, 0.05) is 18.5 Å². The van der Waals surface area contributed by atoms with Crippen LogP contribution < -0.4 is 14.8 Å². The topological polar surface area (TPSA) is 59.2 Å². The maximum Gasteiger partial charge on any atom is 0.175 e. The van der Waals surface area contributed by atoms with E-state index >= 15 is 0 Å². The molecule has 33 heavy (non-hydrogen) atoms. The molecule has 4 rings (SSSR count). The van der Waals surface area contributed by atoms with E-state index in [1.807, 2.05) is 43.3 Å². The van der Waals surface area contributed by atoms with Crippen molar-refractivity contribution in [3.8, 4) is 11.5 Å². The molecular weight excluding hydrogens is 485 g/mol. The highest BCUT2D eigenvalue weighted by atomic mass is 79.9. The van der Waals surface area contributed by atoms with Gasteiger partial charge in [0.05, 0.1) is 22.1 Å². The maximum absolute atomic E-state index is 13.9. The Balaban J connectivity index is 1.32. The number of aryl methyl sites for hydroxylation is 1. The van der Waals surface area contributed by atoms with Crippen molar-refractivity contribution in [2.24, 2.45) is 0 Å². The van der Waals surface area contributed by atoms with Gasteiger partial charge in [0.2, 0.25) is 0 Å². The average molecular weight is 512 g/mol. The summed E-state index contributed by atoms with van der Waals surface area (Å²) < 4.78 is 26.4. The van der Waals surface area contributed by atoms with Crippen molar-refractivity contribution in [2.45, 2.75) is 32.9 Å². The van der Waals surface area contributed by atoms with E-state index in [0.29, 0.717) is 30.2 Å². The molecule has 0 aliphatic heterocycles. The number of aromatic amines is 1. The molecule has 0 bridgehead atoms. The van der Waals surface area contributed by atoms with Crippen LogP contribution in [0.4, 0.5) is 4.39 Å². The molecule has 0 spiro atoms. The van der Waals surface area contributed by atoms with Crippen LogP contribution >= 0.6 is 15.9 Å². The quantitative estimate of drug-likeness (QED) is 0.236. The predicted octanol–water partition coefficient (Wildman–Crippen LogP) is 6.16. The fourth-order valence-corrected chi connectivity index (χ4v) is 4.23. The number of aromatic nitrogens is 2. The summed E-state index contributed by atoms with van der Waals surface area (Å²) in [4.78, 5) is 7.99. The maximum atomic E-state index is 13.9. The lowest BCUT2D eigenvalue weighted by Gasteiger charge is -2.16. The zero-order valence-corrected chi connectivity index (χ0v) is 20.1. The van der Waals surface area contributed by atoms with E-state index in [1.54, 1.807) is 18.2 Å². The Bertz CT molecular complexity index is 1180. The van der Waals surface area contributed by atoms with Crippen molar-refractivity contribution >= 4 is 27.0 Å². The van der Waals surface area contributed by atoms with Gasteiger partial charge in [-0.2, -0.15) is 0 Å². The number of hydrogen-bond donors (Lipinski definition) is 2. The Labute approximate surface area is 201 Å². The Morgan fingerprint density at radius 2 is 1.88 bits per heavy atom. The second-order valence-corrected chi connectivity index (χ2v) is 8.55. The summed E-state index contributed by atoms with van der Waals surface area (Å²) in [5, 5.41) is 3.48. The minimum Gasteiger partial charge on any atom is -0.490 e. The standard InChI is InChI=1S/C26H27BrFN3O2/c1-2-32-24-15-18(14-20(27)26(24)33-17-19-8-3-4-9-21(19)28)16-29-13-7-12-25-30-22-10-5-6-11-23(22)31-25/h3-6,8-11,14-15,29H,2,7,12-13,16-17H2,1H3,(H,30,31). The summed E-state index contributed by atoms with van der Waals surface area (Å²) in [6.45, 7) is 4.13. The molecule has 0 atom stereocenters. The van der Waals surface area contributed by atoms with Crippen molar-refractivity contribution in [1.82, 2.24) is 15.3 Å². The van der Waals surface area contributed by atoms with Gasteiger partial charge >= 0.3 is 0 Å². The van der Waals surface area contributed by atoms with E-state index in [2.05, 4.69) is 31.2 Å². The number of imidazole rings is 1. The second kappa shape index (κ2) is 11.3. The first-order valence-electron chi connectivity index (χ1n) is 11.1. The third-order valence-electron chi connectivity index (χ3n) is 5.23. The van der Waals surface area contributed by atoms with Gasteiger partial charge in [-0.25, -0.2) is 9.37 Å². The highest BCUT2D eigenvalue weighted by Gasteiger charge is 2.13. The van der Waals surface area contributed by atoms with Gasteiger partial charge in [0.25, 0.3) is 0 Å². The van der Waals surface area contributed by atoms with Crippen LogP contribution in [0, 0.1) is 5.82 Å². The van der Waals surface area contributed by atoms with Gasteiger partial charge in [-0.15, -0.1) is 0 Å². The van der Waals surface area contributed by atoms with Crippen LogP contribution in [0.3, 0.4) is 0 Å². The van der Waals surface area contributed by atoms with Crippen molar-refractivity contribution in [3.05, 3.63) is 87.9 Å². The molecule has 3 aromatic carbocycles. The Hall–Kier alpha value is -2.90. The normalized spacial score (nSPS) is 11.1. The Kier molecular flexibility index (Phi) is 7.96. The Morgan fingerprint density at radius 1 is 1.06 bits per heavy atom. The summed E-state index contributed by atoms with van der Waals surface area (Å²) in [5.74, 6) is 1.95. The van der Waals surface area contributed by atoms with E-state index in [4.69, 9.17) is 9.47 Å². The van der Waals surface area contributed by atoms with Crippen LogP contribution in [0.15, 0.2) is 65.1 Å². The summed E-state index contributed by atoms with van der Waals surface area (Å²) in [7, 11) is 0. The second-order valence-electron chi connectivity index (χ2n) is 7.70. The molecule has 1 aromatic heterocycles. The fourth-order valence-electron chi connectivity index (χ4n) is 3.63. The van der Waals surface area contributed by atoms with Gasteiger partial charge in [-0.3, -0.25) is 0 Å². The number of halogens is 2. The van der Waals surface area contributed by atoms with Crippen LogP contribution in [0.2, 0.25) is 0 Å². The zero-order chi connectivity index (χ0) is 23.0. The van der Waals surface area contributed by atoms with Crippen LogP contribution in [-0.4, -0.2) is 23.1 Å². The summed E-state index contributed by atoms with van der Waals surface area (Å²) in [5.41, 5.74) is 3.66. The molecule has 0 fully saturated rings. The number of nitrogens with one attached hydrogen (secondary N) is 2. The molecule has 0 saturated heterocycles. The first-order chi connectivity index (χ1) is 16.1. The largest absolute Gasteiger partial charge is 0.490 e. The molecule has 2 N–H and O–H groups in total. The summed E-state index contributed by atoms with van der Waals surface area (Å²) >= 11 is 3.59. The van der Waals surface area contributed by atoms with Crippen LogP contribution in [0.1, 0.15) is 30.3 Å². The fraction of sp³-hybridized carbons (Fsp3) is 0.269. The van der Waals surface area contributed by atoms with Crippen molar-refractivity contribution in [2.75, 3.05) is 13.2 Å². The van der Waals surface area contributed by atoms with Gasteiger partial charge in [0.15, 0.2) is 11.5 Å². The number of ether oxygens (including phenoxy) is 2. The minimum absolute atomic E-state index is 0.130. The summed E-state index contributed by atoms with van der Waals surface area (Å²) in [6.07, 6.45) is 1.86. The molecule has 0 aliphatic carbocycles. The Morgan fingerprint density at radius 3 is 2.70 bits per heavy atom. The van der Waals surface area contributed by atoms with Gasteiger partial charge in [-0.05, 0) is 71.7 Å².